The SMILES string of the molecule is COc1ccc(-n2nnnc2C(F)(F)F)cc1C(=O)NCC(CC=O)c1ccc(F)cc1. The van der Waals surface area contributed by atoms with Crippen molar-refractivity contribution >= 4 is 12.2 Å². The van der Waals surface area contributed by atoms with Crippen molar-refractivity contribution in [3.63, 3.8) is 0 Å². The zero-order valence-electron chi connectivity index (χ0n) is 16.6. The van der Waals surface area contributed by atoms with Crippen LogP contribution in [-0.4, -0.2) is 46.1 Å². The molecule has 0 radical (unpaired) electrons. The van der Waals surface area contributed by atoms with E-state index in [1.807, 2.05) is 0 Å². The first kappa shape index (κ1) is 22.8. The van der Waals surface area contributed by atoms with Crippen molar-refractivity contribution in [2.24, 2.45) is 0 Å². The van der Waals surface area contributed by atoms with Crippen molar-refractivity contribution in [1.29, 1.82) is 0 Å². The fraction of sp³-hybridized carbons (Fsp3) is 0.250. The van der Waals surface area contributed by atoms with Gasteiger partial charge in [0.1, 0.15) is 17.9 Å². The third-order valence-electron chi connectivity index (χ3n) is 4.63. The average molecular weight is 451 g/mol. The second kappa shape index (κ2) is 9.54. The Morgan fingerprint density at radius 1 is 1.22 bits per heavy atom. The molecule has 32 heavy (non-hydrogen) atoms. The summed E-state index contributed by atoms with van der Waals surface area (Å²) in [6.07, 6.45) is -4.05. The van der Waals surface area contributed by atoms with Gasteiger partial charge in [0.2, 0.25) is 0 Å². The van der Waals surface area contributed by atoms with Crippen molar-refractivity contribution in [2.75, 3.05) is 13.7 Å². The number of aromatic nitrogens is 4. The van der Waals surface area contributed by atoms with E-state index >= 15 is 0 Å². The van der Waals surface area contributed by atoms with Gasteiger partial charge < -0.3 is 14.8 Å². The number of aldehydes is 1. The smallest absolute Gasteiger partial charge is 0.453 e. The number of nitrogens with zero attached hydrogens (tertiary/aromatic N) is 4. The number of alkyl halides is 3. The fourth-order valence-electron chi connectivity index (χ4n) is 3.04. The van der Waals surface area contributed by atoms with Crippen LogP contribution in [-0.2, 0) is 11.0 Å². The summed E-state index contributed by atoms with van der Waals surface area (Å²) in [5, 5.41) is 12.0. The maximum atomic E-state index is 13.2. The molecular weight excluding hydrogens is 434 g/mol. The van der Waals surface area contributed by atoms with Crippen molar-refractivity contribution in [3.8, 4) is 11.4 Å². The number of ether oxygens (including phenoxy) is 1. The van der Waals surface area contributed by atoms with Gasteiger partial charge in [-0.15, -0.1) is 5.10 Å². The Hall–Kier alpha value is -3.83. The number of hydrogen-bond donors (Lipinski definition) is 1. The van der Waals surface area contributed by atoms with Crippen LogP contribution in [0, 0.1) is 5.82 Å². The number of amides is 1. The van der Waals surface area contributed by atoms with Crippen molar-refractivity contribution in [1.82, 2.24) is 25.5 Å². The van der Waals surface area contributed by atoms with E-state index in [9.17, 15) is 27.2 Å². The van der Waals surface area contributed by atoms with Crippen LogP contribution in [0.1, 0.15) is 34.1 Å². The lowest BCUT2D eigenvalue weighted by molar-refractivity contribution is -0.146. The van der Waals surface area contributed by atoms with E-state index in [-0.39, 0.29) is 30.0 Å². The summed E-state index contributed by atoms with van der Waals surface area (Å²) in [6, 6.07) is 9.24. The molecule has 3 aromatic rings. The average Bonchev–Trinajstić information content (AvgIpc) is 3.27. The standard InChI is InChI=1S/C20H17F4N5O3/c1-32-17-7-6-15(29-19(20(22,23)24)26-27-28-29)10-16(17)18(31)25-11-13(8-9-30)12-2-4-14(21)5-3-12/h2-7,9-10,13H,8,11H2,1H3,(H,25,31). The molecule has 1 amide bonds. The van der Waals surface area contributed by atoms with E-state index in [2.05, 4.69) is 20.8 Å². The lowest BCUT2D eigenvalue weighted by Gasteiger charge is -2.17. The quantitative estimate of drug-likeness (QED) is 0.418. The number of nitrogens with one attached hydrogen (secondary N) is 1. The Labute approximate surface area is 179 Å². The van der Waals surface area contributed by atoms with E-state index in [1.165, 1.54) is 43.5 Å². The Bertz CT molecular complexity index is 1100. The van der Waals surface area contributed by atoms with Crippen LogP contribution >= 0.6 is 0 Å². The third kappa shape index (κ3) is 5.07. The van der Waals surface area contributed by atoms with Crippen LogP contribution < -0.4 is 10.1 Å². The second-order valence-corrected chi connectivity index (χ2v) is 6.66. The van der Waals surface area contributed by atoms with Gasteiger partial charge in [0, 0.05) is 18.9 Å². The third-order valence-corrected chi connectivity index (χ3v) is 4.63. The first-order valence-corrected chi connectivity index (χ1v) is 9.26. The minimum Gasteiger partial charge on any atom is -0.496 e. The molecule has 3 rings (SSSR count). The van der Waals surface area contributed by atoms with E-state index in [1.54, 1.807) is 0 Å². The zero-order valence-corrected chi connectivity index (χ0v) is 16.6. The number of hydrogen-bond acceptors (Lipinski definition) is 6. The van der Waals surface area contributed by atoms with Gasteiger partial charge in [-0.1, -0.05) is 12.1 Å². The summed E-state index contributed by atoms with van der Waals surface area (Å²) in [7, 11) is 1.30. The second-order valence-electron chi connectivity index (χ2n) is 6.66. The zero-order chi connectivity index (χ0) is 23.3. The lowest BCUT2D eigenvalue weighted by atomic mass is 9.96. The van der Waals surface area contributed by atoms with Crippen LogP contribution in [0.5, 0.6) is 5.75 Å². The molecule has 0 saturated heterocycles. The Morgan fingerprint density at radius 3 is 2.56 bits per heavy atom. The number of rotatable bonds is 8. The summed E-state index contributed by atoms with van der Waals surface area (Å²) < 4.78 is 58.1. The van der Waals surface area contributed by atoms with Gasteiger partial charge in [-0.3, -0.25) is 4.79 Å². The van der Waals surface area contributed by atoms with Crippen LogP contribution in [0.2, 0.25) is 0 Å². The molecule has 0 aliphatic carbocycles. The first-order valence-electron chi connectivity index (χ1n) is 9.26. The number of carbonyl (C=O) groups is 2. The van der Waals surface area contributed by atoms with Crippen LogP contribution in [0.15, 0.2) is 42.5 Å². The normalized spacial score (nSPS) is 12.3. The molecule has 8 nitrogen and oxygen atoms in total. The molecule has 12 heteroatoms. The highest BCUT2D eigenvalue weighted by Crippen LogP contribution is 2.30. The number of methoxy groups -OCH3 is 1. The van der Waals surface area contributed by atoms with Gasteiger partial charge in [-0.05, 0) is 46.3 Å². The van der Waals surface area contributed by atoms with Gasteiger partial charge in [-0.2, -0.15) is 17.9 Å². The first-order chi connectivity index (χ1) is 15.2. The molecule has 2 aromatic carbocycles. The largest absolute Gasteiger partial charge is 0.496 e. The maximum Gasteiger partial charge on any atom is 0.453 e. The monoisotopic (exact) mass is 451 g/mol. The lowest BCUT2D eigenvalue weighted by Crippen LogP contribution is -2.29. The van der Waals surface area contributed by atoms with Gasteiger partial charge in [0.15, 0.2) is 0 Å². The van der Waals surface area contributed by atoms with E-state index < -0.39 is 29.6 Å². The van der Waals surface area contributed by atoms with Gasteiger partial charge in [0.05, 0.1) is 18.4 Å². The Kier molecular flexibility index (Phi) is 6.81. The minimum atomic E-state index is -4.80. The van der Waals surface area contributed by atoms with Crippen molar-refractivity contribution < 1.29 is 31.9 Å². The van der Waals surface area contributed by atoms with Gasteiger partial charge in [0.25, 0.3) is 11.7 Å². The molecule has 0 saturated carbocycles. The van der Waals surface area contributed by atoms with Crippen LogP contribution in [0.3, 0.4) is 0 Å². The molecule has 1 atom stereocenters. The fourth-order valence-corrected chi connectivity index (χ4v) is 3.04. The van der Waals surface area contributed by atoms with Gasteiger partial charge in [-0.25, -0.2) is 4.39 Å². The molecule has 1 aromatic heterocycles. The molecule has 1 heterocycles. The highest BCUT2D eigenvalue weighted by molar-refractivity contribution is 5.97. The predicted octanol–water partition coefficient (Wildman–Crippen LogP) is 2.93. The van der Waals surface area contributed by atoms with E-state index in [0.717, 1.165) is 6.07 Å². The summed E-state index contributed by atoms with van der Waals surface area (Å²) in [5.74, 6) is -2.76. The van der Waals surface area contributed by atoms with Crippen LogP contribution in [0.25, 0.3) is 5.69 Å². The summed E-state index contributed by atoms with van der Waals surface area (Å²) in [6.45, 7) is 0.0231. The van der Waals surface area contributed by atoms with Crippen molar-refractivity contribution in [3.05, 3.63) is 65.2 Å². The van der Waals surface area contributed by atoms with E-state index in [4.69, 9.17) is 4.74 Å². The topological polar surface area (TPSA) is 99.0 Å². The highest BCUT2D eigenvalue weighted by Gasteiger charge is 2.38. The number of halogens is 4. The molecule has 168 valence electrons. The molecule has 0 bridgehead atoms. The highest BCUT2D eigenvalue weighted by atomic mass is 19.4. The van der Waals surface area contributed by atoms with E-state index in [0.29, 0.717) is 16.5 Å². The molecule has 0 aliphatic heterocycles. The molecule has 1 unspecified atom stereocenters. The predicted molar refractivity (Wildman–Crippen MR) is 103 cm³/mol. The molecule has 1 N–H and O–H groups in total. The minimum absolute atomic E-state index is 0.0231. The number of tetrazole rings is 1. The van der Waals surface area contributed by atoms with Crippen molar-refractivity contribution in [2.45, 2.75) is 18.5 Å². The number of benzene rings is 2. The maximum absolute atomic E-state index is 13.2. The Morgan fingerprint density at radius 2 is 1.94 bits per heavy atom. The van der Waals surface area contributed by atoms with Crippen LogP contribution in [0.4, 0.5) is 17.6 Å². The molecule has 0 aliphatic rings. The Balaban J connectivity index is 1.85. The molecule has 0 spiro atoms. The molecule has 0 fully saturated rings. The van der Waals surface area contributed by atoms with Gasteiger partial charge >= 0.3 is 6.18 Å². The summed E-state index contributed by atoms with van der Waals surface area (Å²) in [5.41, 5.74) is 0.483. The number of carbonyl (C=O) groups excluding carboxylic acids is 2. The molecular formula is C20H17F4N5O3. The summed E-state index contributed by atoms with van der Waals surface area (Å²) >= 11 is 0. The summed E-state index contributed by atoms with van der Waals surface area (Å²) in [4.78, 5) is 23.8.